The summed E-state index contributed by atoms with van der Waals surface area (Å²) in [5, 5.41) is 0. The molecule has 0 radical (unpaired) electrons. The summed E-state index contributed by atoms with van der Waals surface area (Å²) in [6.07, 6.45) is 13.4. The zero-order chi connectivity index (χ0) is 17.2. The van der Waals surface area contributed by atoms with Crippen molar-refractivity contribution in [2.24, 2.45) is 34.5 Å². The number of allylic oxidation sites excluding steroid dienone is 2. The summed E-state index contributed by atoms with van der Waals surface area (Å²) >= 11 is 0. The minimum atomic E-state index is -4.33. The Hall–Kier alpha value is -0.390. The van der Waals surface area contributed by atoms with Gasteiger partial charge in [0.25, 0.3) is 0 Å². The highest BCUT2D eigenvalue weighted by Crippen LogP contribution is 2.65. The lowest BCUT2D eigenvalue weighted by Gasteiger charge is -2.60. The fourth-order valence-electron chi connectivity index (χ4n) is 6.96. The Labute approximate surface area is 146 Å². The third-order valence-corrected chi connectivity index (χ3v) is 8.72. The topological polar surface area (TPSA) is 63.6 Å². The zero-order valence-electron chi connectivity index (χ0n) is 14.8. The number of hydrogen-bond acceptors (Lipinski definition) is 3. The van der Waals surface area contributed by atoms with Crippen molar-refractivity contribution in [2.45, 2.75) is 71.3 Å². The molecule has 24 heavy (non-hydrogen) atoms. The first kappa shape index (κ1) is 17.0. The monoisotopic (exact) mass is 354 g/mol. The highest BCUT2D eigenvalue weighted by Gasteiger charge is 2.57. The second-order valence-electron chi connectivity index (χ2n) is 9.26. The summed E-state index contributed by atoms with van der Waals surface area (Å²) in [6.45, 7) is 4.89. The van der Waals surface area contributed by atoms with E-state index in [0.717, 1.165) is 37.0 Å². The summed E-state index contributed by atoms with van der Waals surface area (Å²) in [6, 6.07) is 0. The van der Waals surface area contributed by atoms with E-state index in [1.807, 2.05) is 0 Å². The van der Waals surface area contributed by atoms with Gasteiger partial charge in [-0.2, -0.15) is 8.42 Å². The average Bonchev–Trinajstić information content (AvgIpc) is 2.88. The Bertz CT molecular complexity index is 642. The lowest BCUT2D eigenvalue weighted by molar-refractivity contribution is -0.113. The summed E-state index contributed by atoms with van der Waals surface area (Å²) < 4.78 is 36.0. The Morgan fingerprint density at radius 1 is 1.08 bits per heavy atom. The molecule has 0 aromatic carbocycles. The lowest BCUT2D eigenvalue weighted by Crippen LogP contribution is -2.53. The first-order chi connectivity index (χ1) is 11.2. The van der Waals surface area contributed by atoms with Gasteiger partial charge in [-0.05, 0) is 85.9 Å². The molecule has 7 atom stereocenters. The van der Waals surface area contributed by atoms with Crippen molar-refractivity contribution in [3.05, 3.63) is 12.2 Å². The number of rotatable bonds is 2. The van der Waals surface area contributed by atoms with Crippen LogP contribution in [0.4, 0.5) is 0 Å². The third kappa shape index (κ3) is 2.67. The predicted molar refractivity (Wildman–Crippen MR) is 92.7 cm³/mol. The molecule has 3 fully saturated rings. The molecule has 4 aliphatic rings. The molecule has 3 saturated carbocycles. The smallest absolute Gasteiger partial charge is 0.264 e. The molecular weight excluding hydrogens is 324 g/mol. The number of hydrogen-bond donors (Lipinski definition) is 1. The van der Waals surface area contributed by atoms with Gasteiger partial charge in [-0.1, -0.05) is 26.0 Å². The van der Waals surface area contributed by atoms with E-state index in [-0.39, 0.29) is 6.10 Å². The van der Waals surface area contributed by atoms with Gasteiger partial charge in [0.1, 0.15) is 0 Å². The van der Waals surface area contributed by atoms with Crippen molar-refractivity contribution in [1.82, 2.24) is 0 Å². The highest BCUT2D eigenvalue weighted by atomic mass is 32.3. The molecule has 0 unspecified atom stereocenters. The highest BCUT2D eigenvalue weighted by molar-refractivity contribution is 7.80. The molecule has 4 nitrogen and oxygen atoms in total. The summed E-state index contributed by atoms with van der Waals surface area (Å²) in [5.74, 6) is 2.92. The van der Waals surface area contributed by atoms with Gasteiger partial charge >= 0.3 is 10.4 Å². The van der Waals surface area contributed by atoms with E-state index >= 15 is 0 Å². The van der Waals surface area contributed by atoms with Gasteiger partial charge in [0, 0.05) is 0 Å². The quantitative estimate of drug-likeness (QED) is 0.590. The van der Waals surface area contributed by atoms with E-state index in [9.17, 15) is 8.42 Å². The fraction of sp³-hybridized carbons (Fsp3) is 0.895. The van der Waals surface area contributed by atoms with Crippen molar-refractivity contribution in [1.29, 1.82) is 0 Å². The second-order valence-corrected chi connectivity index (χ2v) is 10.3. The minimum Gasteiger partial charge on any atom is -0.264 e. The molecule has 0 aromatic heterocycles. The second kappa shape index (κ2) is 5.55. The van der Waals surface area contributed by atoms with Crippen LogP contribution in [0.25, 0.3) is 0 Å². The SMILES string of the molecule is C[C@]12CC[C@H](OS(=O)(=O)O)C[C@@H]1CC[C@@H]1[C@@H]2CC[C@]2(C)C=CC[C@@H]12. The molecule has 136 valence electrons. The van der Waals surface area contributed by atoms with Crippen molar-refractivity contribution in [3.8, 4) is 0 Å². The maximum Gasteiger partial charge on any atom is 0.397 e. The maximum absolute atomic E-state index is 11.1. The van der Waals surface area contributed by atoms with E-state index in [4.69, 9.17) is 8.74 Å². The summed E-state index contributed by atoms with van der Waals surface area (Å²) in [7, 11) is -4.33. The van der Waals surface area contributed by atoms with Gasteiger partial charge in [0.2, 0.25) is 0 Å². The van der Waals surface area contributed by atoms with Gasteiger partial charge in [-0.3, -0.25) is 4.55 Å². The summed E-state index contributed by atoms with van der Waals surface area (Å²) in [5.41, 5.74) is 0.724. The first-order valence-electron chi connectivity index (χ1n) is 9.55. The van der Waals surface area contributed by atoms with Crippen LogP contribution in [-0.2, 0) is 14.6 Å². The molecule has 0 heterocycles. The van der Waals surface area contributed by atoms with Gasteiger partial charge in [0.05, 0.1) is 6.10 Å². The maximum atomic E-state index is 11.1. The van der Waals surface area contributed by atoms with E-state index < -0.39 is 10.4 Å². The number of fused-ring (bicyclic) bond motifs is 5. The molecule has 0 spiro atoms. The van der Waals surface area contributed by atoms with Crippen LogP contribution in [0, 0.1) is 34.5 Å². The summed E-state index contributed by atoms with van der Waals surface area (Å²) in [4.78, 5) is 0. The van der Waals surface area contributed by atoms with Gasteiger partial charge in [-0.25, -0.2) is 4.18 Å². The third-order valence-electron chi connectivity index (χ3n) is 8.20. The zero-order valence-corrected chi connectivity index (χ0v) is 15.6. The average molecular weight is 355 g/mol. The van der Waals surface area contributed by atoms with Crippen LogP contribution in [0.2, 0.25) is 0 Å². The molecule has 0 bridgehead atoms. The molecule has 0 aromatic rings. The molecule has 0 saturated heterocycles. The van der Waals surface area contributed by atoms with Crippen LogP contribution in [0.1, 0.15) is 65.2 Å². The van der Waals surface area contributed by atoms with Crippen LogP contribution in [0.3, 0.4) is 0 Å². The van der Waals surface area contributed by atoms with Gasteiger partial charge in [-0.15, -0.1) is 0 Å². The van der Waals surface area contributed by atoms with E-state index in [1.54, 1.807) is 0 Å². The van der Waals surface area contributed by atoms with Crippen LogP contribution in [0.5, 0.6) is 0 Å². The van der Waals surface area contributed by atoms with Crippen LogP contribution in [-0.4, -0.2) is 19.1 Å². The molecule has 4 rings (SSSR count). The molecule has 0 aliphatic heterocycles. The Morgan fingerprint density at radius 2 is 1.88 bits per heavy atom. The fourth-order valence-corrected chi connectivity index (χ4v) is 7.48. The normalized spacial score (nSPS) is 50.9. The van der Waals surface area contributed by atoms with Crippen molar-refractivity contribution in [3.63, 3.8) is 0 Å². The predicted octanol–water partition coefficient (Wildman–Crippen LogP) is 4.38. The van der Waals surface area contributed by atoms with E-state index in [2.05, 4.69) is 26.0 Å². The van der Waals surface area contributed by atoms with Crippen LogP contribution >= 0.6 is 0 Å². The molecular formula is C19H30O4S. The minimum absolute atomic E-state index is 0.311. The largest absolute Gasteiger partial charge is 0.397 e. The van der Waals surface area contributed by atoms with Gasteiger partial charge < -0.3 is 0 Å². The van der Waals surface area contributed by atoms with E-state index in [1.165, 1.54) is 32.1 Å². The standard InChI is InChI=1S/C19H30O4S/c1-18-9-3-4-16(18)15-6-5-13-12-14(23-24(20,21)22)7-11-19(13,2)17(15)8-10-18/h3,9,13-17H,4-8,10-12H2,1-2H3,(H,20,21,22)/t13-,14-,15-,16-,17-,18-,19-/m0/s1. The lowest BCUT2D eigenvalue weighted by atomic mass is 9.45. The van der Waals surface area contributed by atoms with Crippen molar-refractivity contribution >= 4 is 10.4 Å². The van der Waals surface area contributed by atoms with Crippen molar-refractivity contribution in [2.75, 3.05) is 0 Å². The molecule has 1 N–H and O–H groups in total. The molecule has 0 amide bonds. The van der Waals surface area contributed by atoms with E-state index in [0.29, 0.717) is 16.7 Å². The Morgan fingerprint density at radius 3 is 2.62 bits per heavy atom. The van der Waals surface area contributed by atoms with Crippen LogP contribution < -0.4 is 0 Å². The van der Waals surface area contributed by atoms with Crippen molar-refractivity contribution < 1.29 is 17.2 Å². The Balaban J connectivity index is 1.53. The van der Waals surface area contributed by atoms with Gasteiger partial charge in [0.15, 0.2) is 0 Å². The Kier molecular flexibility index (Phi) is 3.94. The van der Waals surface area contributed by atoms with Crippen LogP contribution in [0.15, 0.2) is 12.2 Å². The molecule has 5 heteroatoms. The molecule has 4 aliphatic carbocycles. The first-order valence-corrected chi connectivity index (χ1v) is 10.9.